The van der Waals surface area contributed by atoms with Crippen LogP contribution < -0.4 is 0 Å². The Balaban J connectivity index is 2.35. The molecular formula is C10H3Cl9O3. The van der Waals surface area contributed by atoms with Crippen molar-refractivity contribution in [1.82, 2.24) is 0 Å². The van der Waals surface area contributed by atoms with Gasteiger partial charge in [-0.25, -0.2) is 0 Å². The maximum atomic E-state index is 12.3. The summed E-state index contributed by atoms with van der Waals surface area (Å²) in [5, 5.41) is 10.2. The highest BCUT2D eigenvalue weighted by Gasteiger charge is 2.91. The number of hydrogen-bond donors (Lipinski definition) is 1. The van der Waals surface area contributed by atoms with Crippen molar-refractivity contribution in [2.75, 3.05) is 0 Å². The average molecular weight is 490 g/mol. The lowest BCUT2D eigenvalue weighted by Crippen LogP contribution is -2.57. The third kappa shape index (κ3) is 1.64. The van der Waals surface area contributed by atoms with Crippen LogP contribution in [0, 0.1) is 11.8 Å². The molecule has 0 unspecified atom stereocenters. The second kappa shape index (κ2) is 4.73. The summed E-state index contributed by atoms with van der Waals surface area (Å²) in [5.41, 5.74) is 0. The summed E-state index contributed by atoms with van der Waals surface area (Å²) in [7, 11) is 0. The smallest absolute Gasteiger partial charge is 0.314 e. The fourth-order valence-corrected chi connectivity index (χ4v) is 6.74. The van der Waals surface area contributed by atoms with Gasteiger partial charge in [-0.15, -0.1) is 23.2 Å². The summed E-state index contributed by atoms with van der Waals surface area (Å²) in [5.74, 6) is -6.46. The summed E-state index contributed by atoms with van der Waals surface area (Å²) in [6.07, 6.45) is 0. The maximum Gasteiger partial charge on any atom is 0.314 e. The second-order valence-corrected chi connectivity index (χ2v) is 10.8. The lowest BCUT2D eigenvalue weighted by atomic mass is 9.79. The fraction of sp³-hybridized carbons (Fsp3) is 0.700. The van der Waals surface area contributed by atoms with Crippen LogP contribution in [0.1, 0.15) is 0 Å². The van der Waals surface area contributed by atoms with Crippen molar-refractivity contribution in [3.8, 4) is 0 Å². The number of ether oxygens (including phenoxy) is 1. The third-order valence-corrected chi connectivity index (χ3v) is 9.34. The van der Waals surface area contributed by atoms with Crippen LogP contribution >= 0.6 is 104 Å². The molecule has 3 rings (SSSR count). The Morgan fingerprint density at radius 3 is 1.91 bits per heavy atom. The molecule has 12 heteroatoms. The molecule has 0 aromatic heterocycles. The van der Waals surface area contributed by atoms with E-state index in [1.165, 1.54) is 0 Å². The van der Waals surface area contributed by atoms with Gasteiger partial charge in [0.05, 0.1) is 21.9 Å². The summed E-state index contributed by atoms with van der Waals surface area (Å²) >= 11 is 55.0. The largest absolute Gasteiger partial charge is 0.428 e. The second-order valence-electron chi connectivity index (χ2n) is 5.20. The molecule has 2 bridgehead atoms. The van der Waals surface area contributed by atoms with E-state index in [-0.39, 0.29) is 10.1 Å². The summed E-state index contributed by atoms with van der Waals surface area (Å²) in [4.78, 5) is 8.33. The molecule has 22 heavy (non-hydrogen) atoms. The van der Waals surface area contributed by atoms with Crippen LogP contribution in [0.4, 0.5) is 0 Å². The van der Waals surface area contributed by atoms with Crippen LogP contribution in [0.5, 0.6) is 0 Å². The Kier molecular flexibility index (Phi) is 3.99. The highest BCUT2D eigenvalue weighted by Crippen LogP contribution is 2.80. The molecule has 1 saturated heterocycles. The van der Waals surface area contributed by atoms with E-state index >= 15 is 0 Å². The van der Waals surface area contributed by atoms with E-state index < -0.39 is 41.5 Å². The minimum Gasteiger partial charge on any atom is -0.428 e. The molecule has 1 aliphatic heterocycles. The minimum atomic E-state index is -2.65. The Morgan fingerprint density at radius 2 is 1.45 bits per heavy atom. The number of fused-ring (bicyclic) bond motifs is 5. The predicted molar refractivity (Wildman–Crippen MR) is 88.6 cm³/mol. The quantitative estimate of drug-likeness (QED) is 0.397. The summed E-state index contributed by atoms with van der Waals surface area (Å²) < 4.78 is 0.350. The fourth-order valence-electron chi connectivity index (χ4n) is 3.29. The first-order valence-electron chi connectivity index (χ1n) is 5.52. The number of carbonyl (C=O) groups is 1. The number of carbonyl (C=O) groups excluding carboxylic acids is 1. The van der Waals surface area contributed by atoms with Gasteiger partial charge >= 0.3 is 5.97 Å². The zero-order valence-electron chi connectivity index (χ0n) is 9.82. The number of alkyl halides is 7. The van der Waals surface area contributed by atoms with Crippen molar-refractivity contribution in [2.24, 2.45) is 11.8 Å². The Morgan fingerprint density at radius 1 is 1.00 bits per heavy atom. The van der Waals surface area contributed by atoms with Crippen molar-refractivity contribution in [3.05, 3.63) is 10.1 Å². The number of cyclic esters (lactones) is 1. The zero-order valence-corrected chi connectivity index (χ0v) is 16.6. The summed E-state index contributed by atoms with van der Waals surface area (Å²) in [6, 6.07) is 0. The minimum absolute atomic E-state index is 0.220. The van der Waals surface area contributed by atoms with Crippen LogP contribution in [0.15, 0.2) is 10.1 Å². The van der Waals surface area contributed by atoms with E-state index in [4.69, 9.17) is 109 Å². The molecular weight excluding hydrogens is 487 g/mol. The van der Waals surface area contributed by atoms with Gasteiger partial charge in [0.1, 0.15) is 9.75 Å². The van der Waals surface area contributed by atoms with Crippen LogP contribution in [-0.2, 0) is 9.53 Å². The lowest BCUT2D eigenvalue weighted by Gasteiger charge is -2.41. The average Bonchev–Trinajstić information content (AvgIpc) is 2.76. The molecule has 3 nitrogen and oxygen atoms in total. The van der Waals surface area contributed by atoms with Gasteiger partial charge in [0.2, 0.25) is 0 Å². The molecule has 124 valence electrons. The van der Waals surface area contributed by atoms with E-state index in [2.05, 4.69) is 0 Å². The molecule has 1 heterocycles. The van der Waals surface area contributed by atoms with E-state index in [1.54, 1.807) is 0 Å². The molecule has 1 saturated carbocycles. The first kappa shape index (κ1) is 18.6. The molecule has 5 atom stereocenters. The normalized spacial score (nSPS) is 49.6. The number of esters is 1. The van der Waals surface area contributed by atoms with Crippen molar-refractivity contribution >= 4 is 110 Å². The van der Waals surface area contributed by atoms with Crippen molar-refractivity contribution in [1.29, 1.82) is 0 Å². The molecule has 0 aromatic carbocycles. The first-order chi connectivity index (χ1) is 9.69. The van der Waals surface area contributed by atoms with Gasteiger partial charge in [0, 0.05) is 0 Å². The monoisotopic (exact) mass is 486 g/mol. The van der Waals surface area contributed by atoms with E-state index in [1.807, 2.05) is 0 Å². The van der Waals surface area contributed by atoms with Gasteiger partial charge in [-0.2, -0.15) is 0 Å². The van der Waals surface area contributed by atoms with Gasteiger partial charge in [-0.05, 0) is 0 Å². The standard InChI is InChI=1S/C10H3Cl9O3/c11-3-4(12)7(14)2-1(6(3,13)9(7,15)16)5(20)22-8(2,21)10(17,18)19/h1-2,21H/t1-,2-,6+,7+,8-/m1/s1. The van der Waals surface area contributed by atoms with E-state index in [0.717, 1.165) is 0 Å². The molecule has 1 N–H and O–H groups in total. The molecule has 0 radical (unpaired) electrons. The van der Waals surface area contributed by atoms with Crippen LogP contribution in [0.3, 0.4) is 0 Å². The Hall–Kier alpha value is 1.78. The van der Waals surface area contributed by atoms with Crippen LogP contribution in [-0.4, -0.2) is 34.7 Å². The Labute approximate surface area is 169 Å². The van der Waals surface area contributed by atoms with Crippen molar-refractivity contribution in [2.45, 2.75) is 23.7 Å². The van der Waals surface area contributed by atoms with Crippen molar-refractivity contribution < 1.29 is 14.6 Å². The highest BCUT2D eigenvalue weighted by molar-refractivity contribution is 6.69. The highest BCUT2D eigenvalue weighted by atomic mass is 35.6. The molecule has 2 aliphatic carbocycles. The van der Waals surface area contributed by atoms with Gasteiger partial charge in [-0.3, -0.25) is 4.79 Å². The van der Waals surface area contributed by atoms with E-state index in [9.17, 15) is 9.90 Å². The predicted octanol–water partition coefficient (Wildman–Crippen LogP) is 4.68. The first-order valence-corrected chi connectivity index (χ1v) is 8.93. The van der Waals surface area contributed by atoms with Gasteiger partial charge in [0.25, 0.3) is 9.58 Å². The topological polar surface area (TPSA) is 46.5 Å². The number of aliphatic hydroxyl groups is 1. The van der Waals surface area contributed by atoms with Crippen LogP contribution in [0.2, 0.25) is 0 Å². The van der Waals surface area contributed by atoms with Gasteiger partial charge in [-0.1, -0.05) is 81.2 Å². The van der Waals surface area contributed by atoms with Gasteiger partial charge in [0.15, 0.2) is 4.33 Å². The van der Waals surface area contributed by atoms with Gasteiger partial charge < -0.3 is 9.84 Å². The molecule has 3 aliphatic rings. The lowest BCUT2D eigenvalue weighted by molar-refractivity contribution is -0.201. The molecule has 0 amide bonds. The third-order valence-electron chi connectivity index (χ3n) is 4.27. The number of allylic oxidation sites excluding steroid dienone is 2. The maximum absolute atomic E-state index is 12.3. The molecule has 0 spiro atoms. The number of halogens is 9. The SMILES string of the molecule is O=C1O[C@@](O)(C(Cl)(Cl)Cl)[C@@H]2[C@H]1[C@]1(Cl)C(Cl)=C(Cl)[C@]2(Cl)C1(Cl)Cl. The summed E-state index contributed by atoms with van der Waals surface area (Å²) in [6.45, 7) is 0. The molecule has 0 aromatic rings. The molecule has 2 fully saturated rings. The van der Waals surface area contributed by atoms with Crippen LogP contribution in [0.25, 0.3) is 0 Å². The van der Waals surface area contributed by atoms with Crippen molar-refractivity contribution in [3.63, 3.8) is 0 Å². The number of hydrogen-bond acceptors (Lipinski definition) is 3. The Bertz CT molecular complexity index is 628. The van der Waals surface area contributed by atoms with E-state index in [0.29, 0.717) is 0 Å². The zero-order chi connectivity index (χ0) is 17.1. The number of rotatable bonds is 0.